The van der Waals surface area contributed by atoms with Crippen molar-refractivity contribution in [2.75, 3.05) is 0 Å². The molecule has 0 amide bonds. The molecule has 14 heavy (non-hydrogen) atoms. The molecule has 0 aliphatic heterocycles. The van der Waals surface area contributed by atoms with E-state index in [1.54, 1.807) is 0 Å². The molecule has 2 radical (unpaired) electrons. The minimum atomic E-state index is 1.03. The van der Waals surface area contributed by atoms with Gasteiger partial charge >= 0.3 is 0 Å². The molecule has 0 bridgehead atoms. The molecule has 0 fully saturated rings. The highest BCUT2D eigenvalue weighted by atomic mass is 14.0. The fourth-order valence-electron chi connectivity index (χ4n) is 1.54. The Kier molecular flexibility index (Phi) is 12.2. The summed E-state index contributed by atoms with van der Waals surface area (Å²) in [5, 5.41) is 0. The lowest BCUT2D eigenvalue weighted by atomic mass is 10.1. The van der Waals surface area contributed by atoms with Crippen LogP contribution in [0.15, 0.2) is 0 Å². The van der Waals surface area contributed by atoms with E-state index in [0.717, 1.165) is 12.8 Å². The number of hydrogen-bond donors (Lipinski definition) is 0. The summed E-state index contributed by atoms with van der Waals surface area (Å²) < 4.78 is 0. The molecule has 0 rings (SSSR count). The van der Waals surface area contributed by atoms with Crippen molar-refractivity contribution in [2.45, 2.75) is 64.2 Å². The van der Waals surface area contributed by atoms with Crippen molar-refractivity contribution in [3.63, 3.8) is 0 Å². The fraction of sp³-hybridized carbons (Fsp3) is 0.714. The summed E-state index contributed by atoms with van der Waals surface area (Å²) in [6.45, 7) is 7.34. The quantitative estimate of drug-likeness (QED) is 0.371. The first-order valence-corrected chi connectivity index (χ1v) is 5.96. The minimum absolute atomic E-state index is 1.03. The monoisotopic (exact) mass is 192 g/mol. The highest BCUT2D eigenvalue weighted by Gasteiger charge is 1.90. The number of rotatable bonds is 9. The van der Waals surface area contributed by atoms with Crippen LogP contribution >= 0.6 is 0 Å². The molecule has 80 valence electrons. The van der Waals surface area contributed by atoms with Crippen molar-refractivity contribution in [1.82, 2.24) is 0 Å². The summed E-state index contributed by atoms with van der Waals surface area (Å²) >= 11 is 0. The van der Waals surface area contributed by atoms with Crippen LogP contribution in [0.1, 0.15) is 64.2 Å². The maximum Gasteiger partial charge on any atom is 0.0198 e. The first-order chi connectivity index (χ1) is 6.91. The molecule has 0 heteroatoms. The Hall–Kier alpha value is -0.440. The van der Waals surface area contributed by atoms with Gasteiger partial charge in [-0.15, -0.1) is 11.8 Å². The molecule has 0 aromatic carbocycles. The Labute approximate surface area is 90.5 Å². The van der Waals surface area contributed by atoms with Gasteiger partial charge in [-0.3, -0.25) is 0 Å². The summed E-state index contributed by atoms with van der Waals surface area (Å²) in [4.78, 5) is 0. The van der Waals surface area contributed by atoms with Crippen molar-refractivity contribution in [3.8, 4) is 11.8 Å². The summed E-state index contributed by atoms with van der Waals surface area (Å²) in [6.07, 6.45) is 13.0. The van der Waals surface area contributed by atoms with E-state index >= 15 is 0 Å². The lowest BCUT2D eigenvalue weighted by molar-refractivity contribution is 0.572. The van der Waals surface area contributed by atoms with Gasteiger partial charge in [-0.1, -0.05) is 58.3 Å². The maximum atomic E-state index is 3.84. The van der Waals surface area contributed by atoms with Gasteiger partial charge in [0.05, 0.1) is 0 Å². The van der Waals surface area contributed by atoms with Crippen LogP contribution in [-0.4, -0.2) is 0 Å². The predicted molar refractivity (Wildman–Crippen MR) is 64.7 cm³/mol. The van der Waals surface area contributed by atoms with E-state index in [2.05, 4.69) is 25.7 Å². The molecule has 0 nitrogen and oxygen atoms in total. The van der Waals surface area contributed by atoms with Crippen molar-refractivity contribution in [3.05, 3.63) is 13.8 Å². The molecular formula is C14H24. The fourth-order valence-corrected chi connectivity index (χ4v) is 1.54. The van der Waals surface area contributed by atoms with E-state index in [4.69, 9.17) is 0 Å². The second kappa shape index (κ2) is 12.6. The summed E-state index contributed by atoms with van der Waals surface area (Å²) in [5.41, 5.74) is 0. The lowest BCUT2D eigenvalue weighted by Crippen LogP contribution is -1.80. The molecule has 0 spiro atoms. The van der Waals surface area contributed by atoms with Crippen molar-refractivity contribution >= 4 is 0 Å². The molecule has 0 unspecified atom stereocenters. The Balaban J connectivity index is 2.87. The van der Waals surface area contributed by atoms with Gasteiger partial charge < -0.3 is 0 Å². The van der Waals surface area contributed by atoms with Gasteiger partial charge in [-0.2, -0.15) is 0 Å². The van der Waals surface area contributed by atoms with Gasteiger partial charge in [0.25, 0.3) is 0 Å². The van der Waals surface area contributed by atoms with E-state index in [1.807, 2.05) is 0 Å². The third-order valence-corrected chi connectivity index (χ3v) is 2.43. The molecule has 0 aromatic rings. The summed E-state index contributed by atoms with van der Waals surface area (Å²) in [7, 11) is 0. The number of unbranched alkanes of at least 4 members (excludes halogenated alkanes) is 9. The van der Waals surface area contributed by atoms with Gasteiger partial charge in [0.15, 0.2) is 0 Å². The lowest BCUT2D eigenvalue weighted by Gasteiger charge is -1.99. The van der Waals surface area contributed by atoms with Gasteiger partial charge in [0.1, 0.15) is 0 Å². The highest BCUT2D eigenvalue weighted by Crippen LogP contribution is 2.09. The molecule has 0 aliphatic carbocycles. The highest BCUT2D eigenvalue weighted by molar-refractivity contribution is 5.00. The third kappa shape index (κ3) is 11.6. The molecule has 0 N–H and O–H groups in total. The van der Waals surface area contributed by atoms with Gasteiger partial charge in [-0.25, -0.2) is 0 Å². The van der Waals surface area contributed by atoms with Crippen LogP contribution in [0.2, 0.25) is 0 Å². The van der Waals surface area contributed by atoms with Crippen LogP contribution in [-0.2, 0) is 0 Å². The SMILES string of the molecule is [CH2]C#CCCCCCCCCCC[CH2]. The van der Waals surface area contributed by atoms with E-state index in [0.29, 0.717) is 0 Å². The van der Waals surface area contributed by atoms with Crippen molar-refractivity contribution in [2.24, 2.45) is 0 Å². The number of hydrogen-bond acceptors (Lipinski definition) is 0. The Morgan fingerprint density at radius 2 is 1.21 bits per heavy atom. The smallest absolute Gasteiger partial charge is 0.0198 e. The first kappa shape index (κ1) is 13.6. The Morgan fingerprint density at radius 1 is 0.714 bits per heavy atom. The normalized spacial score (nSPS) is 9.57. The average molecular weight is 192 g/mol. The van der Waals surface area contributed by atoms with Crippen LogP contribution < -0.4 is 0 Å². The van der Waals surface area contributed by atoms with E-state index < -0.39 is 0 Å². The largest absolute Gasteiger partial charge is 0.103 e. The standard InChI is InChI=1S/C14H24/c1-3-5-7-9-11-13-14-12-10-8-6-4-2/h1-3,5,7-14H2. The van der Waals surface area contributed by atoms with Crippen molar-refractivity contribution < 1.29 is 0 Å². The van der Waals surface area contributed by atoms with E-state index in [-0.39, 0.29) is 0 Å². The van der Waals surface area contributed by atoms with Crippen LogP contribution in [0, 0.1) is 25.7 Å². The molecule has 0 atom stereocenters. The van der Waals surface area contributed by atoms with Crippen molar-refractivity contribution in [1.29, 1.82) is 0 Å². The topological polar surface area (TPSA) is 0 Å². The van der Waals surface area contributed by atoms with E-state index in [1.165, 1.54) is 51.4 Å². The zero-order valence-electron chi connectivity index (χ0n) is 9.49. The summed E-state index contributed by atoms with van der Waals surface area (Å²) in [6, 6.07) is 0. The van der Waals surface area contributed by atoms with E-state index in [9.17, 15) is 0 Å². The molecule has 0 aliphatic rings. The average Bonchev–Trinajstić information content (AvgIpc) is 2.21. The molecular weight excluding hydrogens is 168 g/mol. The molecule has 0 heterocycles. The minimum Gasteiger partial charge on any atom is -0.103 e. The van der Waals surface area contributed by atoms with Gasteiger partial charge in [0, 0.05) is 13.3 Å². The third-order valence-electron chi connectivity index (χ3n) is 2.43. The zero-order valence-corrected chi connectivity index (χ0v) is 9.49. The second-order valence-corrected chi connectivity index (χ2v) is 3.79. The van der Waals surface area contributed by atoms with Crippen LogP contribution in [0.3, 0.4) is 0 Å². The van der Waals surface area contributed by atoms with Gasteiger partial charge in [-0.05, 0) is 6.42 Å². The second-order valence-electron chi connectivity index (χ2n) is 3.79. The Bertz CT molecular complexity index is 147. The Morgan fingerprint density at radius 3 is 1.71 bits per heavy atom. The molecule has 0 saturated heterocycles. The maximum absolute atomic E-state index is 3.84. The van der Waals surface area contributed by atoms with Gasteiger partial charge in [0.2, 0.25) is 0 Å². The van der Waals surface area contributed by atoms with Crippen LogP contribution in [0.4, 0.5) is 0 Å². The van der Waals surface area contributed by atoms with Crippen LogP contribution in [0.5, 0.6) is 0 Å². The molecule has 0 aromatic heterocycles. The molecule has 0 saturated carbocycles. The summed E-state index contributed by atoms with van der Waals surface area (Å²) in [5.74, 6) is 5.69. The first-order valence-electron chi connectivity index (χ1n) is 5.96. The van der Waals surface area contributed by atoms with Crippen LogP contribution in [0.25, 0.3) is 0 Å². The predicted octanol–water partition coefficient (Wildman–Crippen LogP) is 4.56. The zero-order chi connectivity index (χ0) is 10.5.